The van der Waals surface area contributed by atoms with Gasteiger partial charge in [0, 0.05) is 12.2 Å². The zero-order valence-electron chi connectivity index (χ0n) is 8.73. The molecule has 0 amide bonds. The van der Waals surface area contributed by atoms with E-state index in [1.807, 2.05) is 24.3 Å². The summed E-state index contributed by atoms with van der Waals surface area (Å²) in [7, 11) is 1.63. The Balaban J connectivity index is 2.49. The standard InChI is InChI=1S/C12H14O2S/c1-3-8-15-12(13)9-10-4-6-11(14-2)7-5-10/h3-7H,1,8-9H2,2H3. The van der Waals surface area contributed by atoms with Crippen LogP contribution in [0.4, 0.5) is 0 Å². The molecule has 0 saturated heterocycles. The molecule has 15 heavy (non-hydrogen) atoms. The van der Waals surface area contributed by atoms with Crippen LogP contribution in [0.2, 0.25) is 0 Å². The molecular formula is C12H14O2S. The molecule has 0 N–H and O–H groups in total. The van der Waals surface area contributed by atoms with E-state index in [4.69, 9.17) is 4.74 Å². The highest BCUT2D eigenvalue weighted by Gasteiger charge is 2.03. The summed E-state index contributed by atoms with van der Waals surface area (Å²) in [6, 6.07) is 7.54. The van der Waals surface area contributed by atoms with Gasteiger partial charge >= 0.3 is 0 Å². The highest BCUT2D eigenvalue weighted by atomic mass is 32.2. The van der Waals surface area contributed by atoms with Gasteiger partial charge in [-0.1, -0.05) is 30.0 Å². The van der Waals surface area contributed by atoms with Crippen LogP contribution < -0.4 is 4.74 Å². The fourth-order valence-corrected chi connectivity index (χ4v) is 1.69. The second kappa shape index (κ2) is 6.30. The van der Waals surface area contributed by atoms with Crippen molar-refractivity contribution in [2.75, 3.05) is 12.9 Å². The van der Waals surface area contributed by atoms with E-state index < -0.39 is 0 Å². The maximum Gasteiger partial charge on any atom is 0.193 e. The molecule has 0 fully saturated rings. The highest BCUT2D eigenvalue weighted by molar-refractivity contribution is 8.13. The van der Waals surface area contributed by atoms with E-state index in [-0.39, 0.29) is 5.12 Å². The molecule has 80 valence electrons. The van der Waals surface area contributed by atoms with Gasteiger partial charge in [-0.15, -0.1) is 6.58 Å². The second-order valence-corrected chi connectivity index (χ2v) is 4.07. The summed E-state index contributed by atoms with van der Waals surface area (Å²) in [4.78, 5) is 11.4. The summed E-state index contributed by atoms with van der Waals surface area (Å²) in [5, 5.41) is 0.167. The van der Waals surface area contributed by atoms with Gasteiger partial charge in [0.05, 0.1) is 7.11 Å². The Labute approximate surface area is 94.3 Å². The Hall–Kier alpha value is -1.22. The summed E-state index contributed by atoms with van der Waals surface area (Å²) in [5.41, 5.74) is 1.01. The van der Waals surface area contributed by atoms with Crippen molar-refractivity contribution in [2.24, 2.45) is 0 Å². The quantitative estimate of drug-likeness (QED) is 0.716. The van der Waals surface area contributed by atoms with Gasteiger partial charge < -0.3 is 4.74 Å². The summed E-state index contributed by atoms with van der Waals surface area (Å²) in [6.07, 6.45) is 2.19. The molecule has 2 nitrogen and oxygen atoms in total. The molecule has 0 unspecified atom stereocenters. The van der Waals surface area contributed by atoms with Crippen molar-refractivity contribution in [1.29, 1.82) is 0 Å². The number of rotatable bonds is 5. The fraction of sp³-hybridized carbons (Fsp3) is 0.250. The molecule has 0 radical (unpaired) electrons. The Kier molecular flexibility index (Phi) is 4.98. The van der Waals surface area contributed by atoms with Gasteiger partial charge in [0.2, 0.25) is 0 Å². The van der Waals surface area contributed by atoms with Crippen molar-refractivity contribution in [3.63, 3.8) is 0 Å². The van der Waals surface area contributed by atoms with Crippen molar-refractivity contribution in [3.05, 3.63) is 42.5 Å². The molecule has 0 bridgehead atoms. The molecular weight excluding hydrogens is 208 g/mol. The third-order valence-electron chi connectivity index (χ3n) is 1.87. The zero-order chi connectivity index (χ0) is 11.1. The lowest BCUT2D eigenvalue weighted by atomic mass is 10.2. The average molecular weight is 222 g/mol. The minimum atomic E-state index is 0.167. The van der Waals surface area contributed by atoms with Crippen LogP contribution >= 0.6 is 11.8 Å². The predicted molar refractivity (Wildman–Crippen MR) is 64.4 cm³/mol. The van der Waals surface area contributed by atoms with Crippen molar-refractivity contribution in [1.82, 2.24) is 0 Å². The molecule has 0 atom stereocenters. The number of carbonyl (C=O) groups is 1. The van der Waals surface area contributed by atoms with Crippen LogP contribution in [0.15, 0.2) is 36.9 Å². The van der Waals surface area contributed by atoms with Crippen molar-refractivity contribution in [2.45, 2.75) is 6.42 Å². The molecule has 0 saturated carbocycles. The van der Waals surface area contributed by atoms with Crippen LogP contribution in [0.25, 0.3) is 0 Å². The molecule has 1 aromatic rings. The van der Waals surface area contributed by atoms with Gasteiger partial charge in [0.1, 0.15) is 5.75 Å². The smallest absolute Gasteiger partial charge is 0.193 e. The van der Waals surface area contributed by atoms with Crippen LogP contribution in [0, 0.1) is 0 Å². The summed E-state index contributed by atoms with van der Waals surface area (Å²) in [6.45, 7) is 3.57. The number of hydrogen-bond donors (Lipinski definition) is 0. The molecule has 0 aliphatic carbocycles. The molecule has 0 aliphatic rings. The van der Waals surface area contributed by atoms with E-state index in [1.54, 1.807) is 13.2 Å². The summed E-state index contributed by atoms with van der Waals surface area (Å²) in [5.74, 6) is 1.49. The predicted octanol–water partition coefficient (Wildman–Crippen LogP) is 2.68. The highest BCUT2D eigenvalue weighted by Crippen LogP contribution is 2.14. The number of methoxy groups -OCH3 is 1. The summed E-state index contributed by atoms with van der Waals surface area (Å²) >= 11 is 1.29. The van der Waals surface area contributed by atoms with E-state index in [0.717, 1.165) is 11.3 Å². The molecule has 0 aliphatic heterocycles. The van der Waals surface area contributed by atoms with Crippen LogP contribution in [-0.4, -0.2) is 18.0 Å². The number of ether oxygens (including phenoxy) is 1. The monoisotopic (exact) mass is 222 g/mol. The molecule has 0 heterocycles. The topological polar surface area (TPSA) is 26.3 Å². The zero-order valence-corrected chi connectivity index (χ0v) is 9.55. The fourth-order valence-electron chi connectivity index (χ4n) is 1.11. The second-order valence-electron chi connectivity index (χ2n) is 3.00. The van der Waals surface area contributed by atoms with Gasteiger partial charge in [0.25, 0.3) is 0 Å². The van der Waals surface area contributed by atoms with Crippen LogP contribution in [0.3, 0.4) is 0 Å². The first-order valence-corrected chi connectivity index (χ1v) is 5.64. The van der Waals surface area contributed by atoms with Gasteiger partial charge in [-0.2, -0.15) is 0 Å². The van der Waals surface area contributed by atoms with Gasteiger partial charge in [-0.3, -0.25) is 4.79 Å². The Morgan fingerprint density at radius 1 is 1.47 bits per heavy atom. The lowest BCUT2D eigenvalue weighted by molar-refractivity contribution is -0.110. The minimum absolute atomic E-state index is 0.167. The number of benzene rings is 1. The lowest BCUT2D eigenvalue weighted by Gasteiger charge is -2.02. The Bertz CT molecular complexity index is 330. The normalized spacial score (nSPS) is 9.67. The van der Waals surface area contributed by atoms with Crippen molar-refractivity contribution in [3.8, 4) is 5.75 Å². The SMILES string of the molecule is C=CCSC(=O)Cc1ccc(OC)cc1. The molecule has 0 aromatic heterocycles. The van der Waals surface area contributed by atoms with E-state index in [9.17, 15) is 4.79 Å². The third kappa shape index (κ3) is 4.21. The van der Waals surface area contributed by atoms with Gasteiger partial charge in [0.15, 0.2) is 5.12 Å². The molecule has 1 aromatic carbocycles. The molecule has 3 heteroatoms. The Morgan fingerprint density at radius 3 is 2.67 bits per heavy atom. The van der Waals surface area contributed by atoms with E-state index in [1.165, 1.54) is 11.8 Å². The van der Waals surface area contributed by atoms with Crippen LogP contribution in [0.5, 0.6) is 5.75 Å². The minimum Gasteiger partial charge on any atom is -0.497 e. The summed E-state index contributed by atoms with van der Waals surface area (Å²) < 4.78 is 5.04. The van der Waals surface area contributed by atoms with E-state index in [0.29, 0.717) is 12.2 Å². The number of carbonyl (C=O) groups excluding carboxylic acids is 1. The largest absolute Gasteiger partial charge is 0.497 e. The molecule has 0 spiro atoms. The van der Waals surface area contributed by atoms with E-state index >= 15 is 0 Å². The number of hydrogen-bond acceptors (Lipinski definition) is 3. The van der Waals surface area contributed by atoms with Crippen molar-refractivity contribution < 1.29 is 9.53 Å². The van der Waals surface area contributed by atoms with Gasteiger partial charge in [-0.05, 0) is 17.7 Å². The van der Waals surface area contributed by atoms with Crippen LogP contribution in [0.1, 0.15) is 5.56 Å². The van der Waals surface area contributed by atoms with E-state index in [2.05, 4.69) is 6.58 Å². The third-order valence-corrected chi connectivity index (χ3v) is 2.74. The van der Waals surface area contributed by atoms with Crippen LogP contribution in [-0.2, 0) is 11.2 Å². The maximum atomic E-state index is 11.4. The number of thioether (sulfide) groups is 1. The first-order chi connectivity index (χ1) is 7.26. The first kappa shape index (κ1) is 11.9. The molecule has 1 rings (SSSR count). The maximum absolute atomic E-state index is 11.4. The van der Waals surface area contributed by atoms with Crippen molar-refractivity contribution >= 4 is 16.9 Å². The first-order valence-electron chi connectivity index (χ1n) is 4.65. The average Bonchev–Trinajstić information content (AvgIpc) is 2.27. The lowest BCUT2D eigenvalue weighted by Crippen LogP contribution is -1.98. The van der Waals surface area contributed by atoms with Gasteiger partial charge in [-0.25, -0.2) is 0 Å². The Morgan fingerprint density at radius 2 is 2.13 bits per heavy atom.